The Balaban J connectivity index is 2.33. The number of anilines is 1. The number of nitrogens with one attached hydrogen (secondary N) is 1. The minimum atomic E-state index is -0.0816. The highest BCUT2D eigenvalue weighted by Gasteiger charge is 2.08. The average molecular weight is 235 g/mol. The van der Waals surface area contributed by atoms with Crippen molar-refractivity contribution >= 4 is 5.69 Å². The van der Waals surface area contributed by atoms with E-state index in [2.05, 4.69) is 62.4 Å². The minimum absolute atomic E-state index is 0.0816. The Bertz CT molecular complexity index is 322. The summed E-state index contributed by atoms with van der Waals surface area (Å²) in [6.45, 7) is 5.98. The van der Waals surface area contributed by atoms with Crippen LogP contribution in [0.1, 0.15) is 25.8 Å². The Kier molecular flexibility index (Phi) is 4.97. The van der Waals surface area contributed by atoms with Crippen LogP contribution in [0.2, 0.25) is 0 Å². The fraction of sp³-hybridized carbons (Fsp3) is 0.571. The van der Waals surface area contributed by atoms with Crippen molar-refractivity contribution in [2.24, 2.45) is 5.73 Å². The Labute approximate surface area is 105 Å². The van der Waals surface area contributed by atoms with Crippen LogP contribution in [0, 0.1) is 0 Å². The van der Waals surface area contributed by atoms with Gasteiger partial charge in [0.2, 0.25) is 0 Å². The first-order valence-corrected chi connectivity index (χ1v) is 6.14. The molecule has 0 bridgehead atoms. The number of rotatable bonds is 6. The molecule has 1 aromatic carbocycles. The first-order valence-electron chi connectivity index (χ1n) is 6.14. The van der Waals surface area contributed by atoms with Crippen molar-refractivity contribution in [2.45, 2.75) is 32.4 Å². The minimum Gasteiger partial charge on any atom is -0.378 e. The standard InChI is InChI=1S/C14H25N3/c1-14(2,15)9-10-16-11-12-5-7-13(8-6-12)17(3)4/h5-8,16H,9-11,15H2,1-4H3. The molecule has 0 aliphatic carbocycles. The molecular weight excluding hydrogens is 210 g/mol. The van der Waals surface area contributed by atoms with E-state index in [4.69, 9.17) is 5.73 Å². The molecule has 3 N–H and O–H groups in total. The van der Waals surface area contributed by atoms with Crippen LogP contribution >= 0.6 is 0 Å². The zero-order chi connectivity index (χ0) is 12.9. The molecule has 0 atom stereocenters. The molecule has 96 valence electrons. The number of nitrogens with two attached hydrogens (primary N) is 1. The van der Waals surface area contributed by atoms with Crippen LogP contribution in [0.25, 0.3) is 0 Å². The third-order valence-electron chi connectivity index (χ3n) is 2.73. The maximum atomic E-state index is 5.92. The molecule has 0 aliphatic rings. The highest BCUT2D eigenvalue weighted by atomic mass is 15.1. The summed E-state index contributed by atoms with van der Waals surface area (Å²) in [6.07, 6.45) is 0.989. The van der Waals surface area contributed by atoms with Crippen LogP contribution < -0.4 is 16.0 Å². The molecule has 0 radical (unpaired) electrons. The summed E-state index contributed by atoms with van der Waals surface area (Å²) in [7, 11) is 4.10. The summed E-state index contributed by atoms with van der Waals surface area (Å²) in [6, 6.07) is 8.61. The molecule has 0 amide bonds. The summed E-state index contributed by atoms with van der Waals surface area (Å²) in [5, 5.41) is 3.41. The van der Waals surface area contributed by atoms with E-state index in [9.17, 15) is 0 Å². The smallest absolute Gasteiger partial charge is 0.0361 e. The Morgan fingerprint density at radius 3 is 2.24 bits per heavy atom. The van der Waals surface area contributed by atoms with Gasteiger partial charge in [0.25, 0.3) is 0 Å². The van der Waals surface area contributed by atoms with Crippen LogP contribution in [-0.4, -0.2) is 26.2 Å². The molecule has 0 fully saturated rings. The fourth-order valence-electron chi connectivity index (χ4n) is 1.56. The molecule has 0 saturated carbocycles. The predicted octanol–water partition coefficient (Wildman–Crippen LogP) is 1.97. The molecular formula is C14H25N3. The van der Waals surface area contributed by atoms with Gasteiger partial charge in [-0.2, -0.15) is 0 Å². The molecule has 0 saturated heterocycles. The van der Waals surface area contributed by atoms with Crippen molar-refractivity contribution in [3.8, 4) is 0 Å². The SMILES string of the molecule is CN(C)c1ccc(CNCCC(C)(C)N)cc1. The highest BCUT2D eigenvalue weighted by Crippen LogP contribution is 2.12. The molecule has 17 heavy (non-hydrogen) atoms. The van der Waals surface area contributed by atoms with Crippen molar-refractivity contribution < 1.29 is 0 Å². The molecule has 1 rings (SSSR count). The van der Waals surface area contributed by atoms with Crippen LogP contribution in [-0.2, 0) is 6.54 Å². The first kappa shape index (κ1) is 14.0. The number of benzene rings is 1. The van der Waals surface area contributed by atoms with E-state index in [1.54, 1.807) is 0 Å². The van der Waals surface area contributed by atoms with E-state index in [0.717, 1.165) is 19.5 Å². The lowest BCUT2D eigenvalue weighted by molar-refractivity contribution is 0.455. The summed E-state index contributed by atoms with van der Waals surface area (Å²) in [5.74, 6) is 0. The summed E-state index contributed by atoms with van der Waals surface area (Å²) in [5.41, 5.74) is 8.38. The second-order valence-corrected chi connectivity index (χ2v) is 5.48. The van der Waals surface area contributed by atoms with Gasteiger partial charge in [-0.1, -0.05) is 12.1 Å². The van der Waals surface area contributed by atoms with Gasteiger partial charge in [-0.05, 0) is 44.5 Å². The quantitative estimate of drug-likeness (QED) is 0.741. The van der Waals surface area contributed by atoms with Gasteiger partial charge in [0, 0.05) is 31.9 Å². The summed E-state index contributed by atoms with van der Waals surface area (Å²) >= 11 is 0. The zero-order valence-corrected chi connectivity index (χ0v) is 11.5. The largest absolute Gasteiger partial charge is 0.378 e. The van der Waals surface area contributed by atoms with Crippen LogP contribution in [0.5, 0.6) is 0 Å². The predicted molar refractivity (Wildman–Crippen MR) is 75.4 cm³/mol. The molecule has 3 nitrogen and oxygen atoms in total. The van der Waals surface area contributed by atoms with E-state index >= 15 is 0 Å². The van der Waals surface area contributed by atoms with Crippen LogP contribution in [0.3, 0.4) is 0 Å². The molecule has 0 unspecified atom stereocenters. The first-order chi connectivity index (χ1) is 7.88. The van der Waals surface area contributed by atoms with Crippen molar-refractivity contribution in [3.63, 3.8) is 0 Å². The number of nitrogens with zero attached hydrogens (tertiary/aromatic N) is 1. The topological polar surface area (TPSA) is 41.3 Å². The third-order valence-corrected chi connectivity index (χ3v) is 2.73. The van der Waals surface area contributed by atoms with Gasteiger partial charge in [-0.25, -0.2) is 0 Å². The van der Waals surface area contributed by atoms with Crippen molar-refractivity contribution in [2.75, 3.05) is 25.5 Å². The van der Waals surface area contributed by atoms with Crippen molar-refractivity contribution in [1.29, 1.82) is 0 Å². The van der Waals surface area contributed by atoms with Crippen LogP contribution in [0.4, 0.5) is 5.69 Å². The van der Waals surface area contributed by atoms with Gasteiger partial charge < -0.3 is 16.0 Å². The lowest BCUT2D eigenvalue weighted by atomic mass is 10.0. The van der Waals surface area contributed by atoms with E-state index in [0.29, 0.717) is 0 Å². The third kappa shape index (κ3) is 5.71. The fourth-order valence-corrected chi connectivity index (χ4v) is 1.56. The van der Waals surface area contributed by atoms with Crippen molar-refractivity contribution in [3.05, 3.63) is 29.8 Å². The number of hydrogen-bond donors (Lipinski definition) is 2. The summed E-state index contributed by atoms with van der Waals surface area (Å²) in [4.78, 5) is 2.11. The maximum absolute atomic E-state index is 5.92. The lowest BCUT2D eigenvalue weighted by Gasteiger charge is -2.18. The Morgan fingerprint density at radius 2 is 1.76 bits per heavy atom. The van der Waals surface area contributed by atoms with Crippen molar-refractivity contribution in [1.82, 2.24) is 5.32 Å². The maximum Gasteiger partial charge on any atom is 0.0361 e. The Morgan fingerprint density at radius 1 is 1.18 bits per heavy atom. The van der Waals surface area contributed by atoms with Crippen LogP contribution in [0.15, 0.2) is 24.3 Å². The lowest BCUT2D eigenvalue weighted by Crippen LogP contribution is -2.35. The molecule has 0 spiro atoms. The molecule has 1 aromatic rings. The number of hydrogen-bond acceptors (Lipinski definition) is 3. The van der Waals surface area contributed by atoms with Gasteiger partial charge in [0.05, 0.1) is 0 Å². The van der Waals surface area contributed by atoms with E-state index < -0.39 is 0 Å². The van der Waals surface area contributed by atoms with Gasteiger partial charge in [0.1, 0.15) is 0 Å². The normalized spacial score (nSPS) is 11.6. The van der Waals surface area contributed by atoms with Gasteiger partial charge in [-0.15, -0.1) is 0 Å². The average Bonchev–Trinajstić information content (AvgIpc) is 2.24. The van der Waals surface area contributed by atoms with Gasteiger partial charge in [0.15, 0.2) is 0 Å². The van der Waals surface area contributed by atoms with E-state index in [1.807, 2.05) is 0 Å². The second-order valence-electron chi connectivity index (χ2n) is 5.48. The van der Waals surface area contributed by atoms with Gasteiger partial charge >= 0.3 is 0 Å². The molecule has 0 aliphatic heterocycles. The zero-order valence-electron chi connectivity index (χ0n) is 11.5. The molecule has 0 aromatic heterocycles. The van der Waals surface area contributed by atoms with Gasteiger partial charge in [-0.3, -0.25) is 0 Å². The second kappa shape index (κ2) is 6.03. The Hall–Kier alpha value is -1.06. The molecule has 3 heteroatoms. The summed E-state index contributed by atoms with van der Waals surface area (Å²) < 4.78 is 0. The highest BCUT2D eigenvalue weighted by molar-refractivity contribution is 5.45. The molecule has 0 heterocycles. The van der Waals surface area contributed by atoms with E-state index in [-0.39, 0.29) is 5.54 Å². The monoisotopic (exact) mass is 235 g/mol. The van der Waals surface area contributed by atoms with E-state index in [1.165, 1.54) is 11.3 Å².